The summed E-state index contributed by atoms with van der Waals surface area (Å²) in [6.07, 6.45) is 0.205. The van der Waals surface area contributed by atoms with E-state index in [0.717, 1.165) is 5.69 Å². The third-order valence-corrected chi connectivity index (χ3v) is 4.33. The SMILES string of the molecule is CN(c1ccccc1)N1CC(C(=O)Nc2ccc(Cl)cc2)CC1=O. The lowest BCUT2D eigenvalue weighted by molar-refractivity contribution is -0.128. The van der Waals surface area contributed by atoms with Crippen LogP contribution < -0.4 is 10.3 Å². The smallest absolute Gasteiger partial charge is 0.241 e. The van der Waals surface area contributed by atoms with E-state index in [2.05, 4.69) is 5.32 Å². The Kier molecular flexibility index (Phi) is 4.71. The van der Waals surface area contributed by atoms with Gasteiger partial charge in [0.15, 0.2) is 0 Å². The van der Waals surface area contributed by atoms with Crippen molar-refractivity contribution in [1.82, 2.24) is 5.01 Å². The Morgan fingerprint density at radius 2 is 1.83 bits per heavy atom. The first kappa shape index (κ1) is 16.3. The number of para-hydroxylation sites is 1. The zero-order valence-corrected chi connectivity index (χ0v) is 14.0. The van der Waals surface area contributed by atoms with E-state index in [4.69, 9.17) is 11.6 Å². The van der Waals surface area contributed by atoms with Gasteiger partial charge in [0, 0.05) is 24.2 Å². The summed E-state index contributed by atoms with van der Waals surface area (Å²) in [7, 11) is 1.83. The average molecular weight is 344 g/mol. The second-order valence-electron chi connectivity index (χ2n) is 5.73. The molecule has 1 heterocycles. The summed E-state index contributed by atoms with van der Waals surface area (Å²) in [5.41, 5.74) is 1.58. The van der Waals surface area contributed by atoms with Crippen LogP contribution in [0.15, 0.2) is 54.6 Å². The van der Waals surface area contributed by atoms with E-state index in [1.165, 1.54) is 0 Å². The van der Waals surface area contributed by atoms with Gasteiger partial charge in [0.1, 0.15) is 0 Å². The molecule has 0 saturated carbocycles. The molecule has 24 heavy (non-hydrogen) atoms. The maximum Gasteiger partial charge on any atom is 0.241 e. The fraction of sp³-hybridized carbons (Fsp3) is 0.222. The van der Waals surface area contributed by atoms with Crippen molar-refractivity contribution in [1.29, 1.82) is 0 Å². The highest BCUT2D eigenvalue weighted by Gasteiger charge is 2.36. The van der Waals surface area contributed by atoms with Crippen LogP contribution in [0.25, 0.3) is 0 Å². The molecule has 3 rings (SSSR count). The normalized spacial score (nSPS) is 17.0. The molecule has 2 aromatic rings. The molecule has 5 nitrogen and oxygen atoms in total. The van der Waals surface area contributed by atoms with Crippen LogP contribution in [0, 0.1) is 5.92 Å². The summed E-state index contributed by atoms with van der Waals surface area (Å²) < 4.78 is 0. The van der Waals surface area contributed by atoms with Gasteiger partial charge in [0.25, 0.3) is 0 Å². The quantitative estimate of drug-likeness (QED) is 0.927. The maximum absolute atomic E-state index is 12.4. The number of nitrogens with zero attached hydrogens (tertiary/aromatic N) is 2. The van der Waals surface area contributed by atoms with Crippen LogP contribution in [0.2, 0.25) is 5.02 Å². The van der Waals surface area contributed by atoms with Crippen molar-refractivity contribution in [3.05, 3.63) is 59.6 Å². The first-order valence-electron chi connectivity index (χ1n) is 7.70. The second-order valence-corrected chi connectivity index (χ2v) is 6.17. The lowest BCUT2D eigenvalue weighted by atomic mass is 10.1. The van der Waals surface area contributed by atoms with Gasteiger partial charge >= 0.3 is 0 Å². The van der Waals surface area contributed by atoms with E-state index < -0.39 is 0 Å². The predicted octanol–water partition coefficient (Wildman–Crippen LogP) is 3.18. The van der Waals surface area contributed by atoms with Crippen LogP contribution in [0.4, 0.5) is 11.4 Å². The molecule has 0 aromatic heterocycles. The number of hydrogen-bond acceptors (Lipinski definition) is 3. The van der Waals surface area contributed by atoms with Crippen LogP contribution in [-0.2, 0) is 9.59 Å². The molecule has 1 saturated heterocycles. The molecule has 2 amide bonds. The largest absolute Gasteiger partial charge is 0.326 e. The minimum atomic E-state index is -0.376. The molecule has 0 aliphatic carbocycles. The number of hydrogen-bond donors (Lipinski definition) is 1. The molecule has 0 bridgehead atoms. The Bertz CT molecular complexity index is 734. The molecule has 6 heteroatoms. The van der Waals surface area contributed by atoms with E-state index >= 15 is 0 Å². The van der Waals surface area contributed by atoms with Gasteiger partial charge in [-0.3, -0.25) is 19.6 Å². The topological polar surface area (TPSA) is 52.6 Å². The number of benzene rings is 2. The second kappa shape index (κ2) is 6.93. The highest BCUT2D eigenvalue weighted by atomic mass is 35.5. The minimum absolute atomic E-state index is 0.0578. The summed E-state index contributed by atoms with van der Waals surface area (Å²) >= 11 is 5.84. The van der Waals surface area contributed by atoms with Crippen LogP contribution in [0.5, 0.6) is 0 Å². The number of anilines is 2. The van der Waals surface area contributed by atoms with Crippen LogP contribution in [-0.4, -0.2) is 30.4 Å². The van der Waals surface area contributed by atoms with E-state index in [9.17, 15) is 9.59 Å². The molecule has 124 valence electrons. The van der Waals surface area contributed by atoms with E-state index in [-0.39, 0.29) is 24.2 Å². The Balaban J connectivity index is 1.65. The van der Waals surface area contributed by atoms with Crippen molar-refractivity contribution in [2.75, 3.05) is 23.9 Å². The highest BCUT2D eigenvalue weighted by Crippen LogP contribution is 2.24. The van der Waals surface area contributed by atoms with Gasteiger partial charge in [-0.15, -0.1) is 0 Å². The van der Waals surface area contributed by atoms with Crippen molar-refractivity contribution in [2.45, 2.75) is 6.42 Å². The monoisotopic (exact) mass is 343 g/mol. The first-order valence-corrected chi connectivity index (χ1v) is 8.08. The zero-order valence-electron chi connectivity index (χ0n) is 13.3. The third kappa shape index (κ3) is 3.51. The van der Waals surface area contributed by atoms with Crippen LogP contribution >= 0.6 is 11.6 Å². The highest BCUT2D eigenvalue weighted by molar-refractivity contribution is 6.30. The lowest BCUT2D eigenvalue weighted by Crippen LogP contribution is -2.41. The number of carbonyl (C=O) groups is 2. The molecule has 1 fully saturated rings. The number of halogens is 1. The summed E-state index contributed by atoms with van der Waals surface area (Å²) in [6, 6.07) is 16.5. The van der Waals surface area contributed by atoms with Crippen molar-refractivity contribution in [2.24, 2.45) is 5.92 Å². The van der Waals surface area contributed by atoms with E-state index in [0.29, 0.717) is 17.3 Å². The van der Waals surface area contributed by atoms with Crippen LogP contribution in [0.3, 0.4) is 0 Å². The van der Waals surface area contributed by atoms with Gasteiger partial charge in [-0.05, 0) is 36.4 Å². The minimum Gasteiger partial charge on any atom is -0.326 e. The molecule has 0 spiro atoms. The summed E-state index contributed by atoms with van der Waals surface area (Å²) in [5.74, 6) is -0.591. The zero-order chi connectivity index (χ0) is 17.1. The van der Waals surface area contributed by atoms with E-state index in [1.54, 1.807) is 34.3 Å². The van der Waals surface area contributed by atoms with Crippen molar-refractivity contribution in [3.63, 3.8) is 0 Å². The molecule has 1 aliphatic rings. The molecule has 1 unspecified atom stereocenters. The van der Waals surface area contributed by atoms with Gasteiger partial charge in [-0.1, -0.05) is 29.8 Å². The predicted molar refractivity (Wildman–Crippen MR) is 94.7 cm³/mol. The number of amides is 2. The molecule has 0 radical (unpaired) electrons. The van der Waals surface area contributed by atoms with Gasteiger partial charge in [0.05, 0.1) is 18.2 Å². The third-order valence-electron chi connectivity index (χ3n) is 4.08. The molecular formula is C18H18ClN3O2. The Hall–Kier alpha value is -2.53. The number of hydrazine groups is 1. The number of carbonyl (C=O) groups excluding carboxylic acids is 2. The van der Waals surface area contributed by atoms with Crippen molar-refractivity contribution in [3.8, 4) is 0 Å². The van der Waals surface area contributed by atoms with Gasteiger partial charge in [-0.2, -0.15) is 0 Å². The Morgan fingerprint density at radius 1 is 1.17 bits per heavy atom. The summed E-state index contributed by atoms with van der Waals surface area (Å²) in [4.78, 5) is 24.7. The standard InChI is InChI=1S/C18H18ClN3O2/c1-21(16-5-3-2-4-6-16)22-12-13(11-17(22)23)18(24)20-15-9-7-14(19)8-10-15/h2-10,13H,11-12H2,1H3,(H,20,24). The summed E-state index contributed by atoms with van der Waals surface area (Å²) in [5, 5.41) is 6.85. The fourth-order valence-electron chi connectivity index (χ4n) is 2.72. The fourth-order valence-corrected chi connectivity index (χ4v) is 2.84. The first-order chi connectivity index (χ1) is 11.5. The molecule has 1 atom stereocenters. The van der Waals surface area contributed by atoms with Gasteiger partial charge < -0.3 is 5.32 Å². The maximum atomic E-state index is 12.4. The van der Waals surface area contributed by atoms with E-state index in [1.807, 2.05) is 37.4 Å². The average Bonchev–Trinajstić information content (AvgIpc) is 2.99. The lowest BCUT2D eigenvalue weighted by Gasteiger charge is -2.30. The Labute approximate surface area is 145 Å². The Morgan fingerprint density at radius 3 is 2.50 bits per heavy atom. The van der Waals surface area contributed by atoms with Gasteiger partial charge in [0.2, 0.25) is 11.8 Å². The van der Waals surface area contributed by atoms with Crippen LogP contribution in [0.1, 0.15) is 6.42 Å². The molecule has 1 aliphatic heterocycles. The van der Waals surface area contributed by atoms with Crippen molar-refractivity contribution < 1.29 is 9.59 Å². The summed E-state index contributed by atoms with van der Waals surface area (Å²) in [6.45, 7) is 0.365. The number of rotatable bonds is 4. The van der Waals surface area contributed by atoms with Crippen molar-refractivity contribution >= 4 is 34.8 Å². The van der Waals surface area contributed by atoms with Gasteiger partial charge in [-0.25, -0.2) is 0 Å². The molecule has 2 aromatic carbocycles. The molecular weight excluding hydrogens is 326 g/mol. The number of nitrogens with one attached hydrogen (secondary N) is 1. The molecule has 1 N–H and O–H groups in total.